The molecule has 1 saturated heterocycles. The molecule has 2 aromatic rings. The Morgan fingerprint density at radius 2 is 1.67 bits per heavy atom. The van der Waals surface area contributed by atoms with Crippen molar-refractivity contribution < 1.29 is 4.79 Å². The van der Waals surface area contributed by atoms with Crippen LogP contribution in [-0.4, -0.2) is 23.4 Å². The second-order valence-corrected chi connectivity index (χ2v) is 6.01. The molecule has 0 unspecified atom stereocenters. The summed E-state index contributed by atoms with van der Waals surface area (Å²) >= 11 is 0. The van der Waals surface area contributed by atoms with Crippen LogP contribution in [0.4, 0.5) is 0 Å². The molecule has 0 aromatic heterocycles. The first-order valence-electron chi connectivity index (χ1n) is 7.64. The van der Waals surface area contributed by atoms with Gasteiger partial charge >= 0.3 is 0 Å². The summed E-state index contributed by atoms with van der Waals surface area (Å²) in [4.78, 5) is 14.8. The summed E-state index contributed by atoms with van der Waals surface area (Å²) in [5, 5.41) is 0. The Kier molecular flexibility index (Phi) is 4.05. The van der Waals surface area contributed by atoms with Gasteiger partial charge < -0.3 is 4.90 Å². The second kappa shape index (κ2) is 6.13. The van der Waals surface area contributed by atoms with Crippen molar-refractivity contribution in [3.05, 3.63) is 71.8 Å². The van der Waals surface area contributed by atoms with Crippen molar-refractivity contribution >= 4 is 5.91 Å². The summed E-state index contributed by atoms with van der Waals surface area (Å²) < 4.78 is 0. The third kappa shape index (κ3) is 3.15. The summed E-state index contributed by atoms with van der Waals surface area (Å²) in [6, 6.07) is 20.4. The van der Waals surface area contributed by atoms with Gasteiger partial charge in [-0.15, -0.1) is 0 Å². The normalized spacial score (nSPS) is 21.5. The van der Waals surface area contributed by atoms with Gasteiger partial charge in [0.1, 0.15) is 0 Å². The molecular weight excluding hydrogens is 258 g/mol. The Balaban J connectivity index is 1.78. The third-order valence-electron chi connectivity index (χ3n) is 4.22. The monoisotopic (exact) mass is 279 g/mol. The van der Waals surface area contributed by atoms with Crippen LogP contribution >= 0.6 is 0 Å². The molecule has 0 spiro atoms. The highest BCUT2D eigenvalue weighted by Gasteiger charge is 2.33. The number of benzene rings is 2. The molecule has 21 heavy (non-hydrogen) atoms. The molecule has 0 N–H and O–H groups in total. The van der Waals surface area contributed by atoms with E-state index in [0.29, 0.717) is 12.0 Å². The number of rotatable bonds is 3. The molecular formula is C19H21NO. The van der Waals surface area contributed by atoms with Crippen molar-refractivity contribution in [2.75, 3.05) is 6.54 Å². The lowest BCUT2D eigenvalue weighted by molar-refractivity contribution is 0.0733. The largest absolute Gasteiger partial charge is 0.335 e. The van der Waals surface area contributed by atoms with Gasteiger partial charge in [0.15, 0.2) is 0 Å². The van der Waals surface area contributed by atoms with E-state index in [1.807, 2.05) is 36.4 Å². The van der Waals surface area contributed by atoms with Gasteiger partial charge in [-0.05, 0) is 36.5 Å². The molecule has 2 aromatic carbocycles. The summed E-state index contributed by atoms with van der Waals surface area (Å²) in [6.45, 7) is 3.10. The van der Waals surface area contributed by atoms with Gasteiger partial charge in [-0.1, -0.05) is 55.5 Å². The molecule has 2 atom stereocenters. The zero-order valence-corrected chi connectivity index (χ0v) is 12.4. The zero-order valence-electron chi connectivity index (χ0n) is 12.4. The molecule has 0 aliphatic carbocycles. The molecule has 2 heteroatoms. The predicted molar refractivity (Wildman–Crippen MR) is 85.2 cm³/mol. The van der Waals surface area contributed by atoms with Crippen LogP contribution in [0.5, 0.6) is 0 Å². The Labute approximate surface area is 126 Å². The predicted octanol–water partition coefficient (Wildman–Crippen LogP) is 3.78. The molecule has 1 amide bonds. The molecule has 1 aliphatic heterocycles. The van der Waals surface area contributed by atoms with E-state index in [4.69, 9.17) is 0 Å². The fourth-order valence-electron chi connectivity index (χ4n) is 3.23. The van der Waals surface area contributed by atoms with Gasteiger partial charge in [-0.3, -0.25) is 4.79 Å². The molecule has 1 heterocycles. The maximum atomic E-state index is 12.7. The number of carbonyl (C=O) groups excluding carboxylic acids is 1. The second-order valence-electron chi connectivity index (χ2n) is 6.01. The molecule has 0 saturated carbocycles. The third-order valence-corrected chi connectivity index (χ3v) is 4.22. The molecule has 3 rings (SSSR count). The van der Waals surface area contributed by atoms with Crippen molar-refractivity contribution in [2.45, 2.75) is 25.8 Å². The van der Waals surface area contributed by atoms with Crippen molar-refractivity contribution in [3.63, 3.8) is 0 Å². The lowest BCUT2D eigenvalue weighted by atomic mass is 10.0. The lowest BCUT2D eigenvalue weighted by Gasteiger charge is -2.25. The minimum Gasteiger partial charge on any atom is -0.335 e. The van der Waals surface area contributed by atoms with Gasteiger partial charge in [0.05, 0.1) is 0 Å². The molecule has 0 radical (unpaired) electrons. The van der Waals surface area contributed by atoms with Crippen LogP contribution in [0, 0.1) is 5.92 Å². The van der Waals surface area contributed by atoms with Crippen LogP contribution in [0.2, 0.25) is 0 Å². The van der Waals surface area contributed by atoms with E-state index in [0.717, 1.165) is 24.9 Å². The fraction of sp³-hybridized carbons (Fsp3) is 0.316. The average Bonchev–Trinajstić information content (AvgIpc) is 2.89. The number of likely N-dealkylation sites (tertiary alicyclic amines) is 1. The van der Waals surface area contributed by atoms with Crippen molar-refractivity contribution in [2.24, 2.45) is 5.92 Å². The van der Waals surface area contributed by atoms with Crippen molar-refractivity contribution in [1.29, 1.82) is 0 Å². The molecule has 2 nitrogen and oxygen atoms in total. The Hall–Kier alpha value is -2.09. The Morgan fingerprint density at radius 1 is 1.05 bits per heavy atom. The summed E-state index contributed by atoms with van der Waals surface area (Å²) in [7, 11) is 0. The maximum Gasteiger partial charge on any atom is 0.254 e. The maximum absolute atomic E-state index is 12.7. The highest BCUT2D eigenvalue weighted by atomic mass is 16.2. The fourth-order valence-corrected chi connectivity index (χ4v) is 3.23. The Morgan fingerprint density at radius 3 is 2.33 bits per heavy atom. The smallest absolute Gasteiger partial charge is 0.254 e. The van der Waals surface area contributed by atoms with Crippen LogP contribution in [0.1, 0.15) is 29.3 Å². The topological polar surface area (TPSA) is 20.3 Å². The summed E-state index contributed by atoms with van der Waals surface area (Å²) in [6.07, 6.45) is 2.04. The minimum atomic E-state index is 0.167. The van der Waals surface area contributed by atoms with Crippen LogP contribution < -0.4 is 0 Å². The van der Waals surface area contributed by atoms with Crippen LogP contribution in [-0.2, 0) is 6.42 Å². The minimum absolute atomic E-state index is 0.167. The van der Waals surface area contributed by atoms with E-state index in [1.165, 1.54) is 5.56 Å². The lowest BCUT2D eigenvalue weighted by Crippen LogP contribution is -2.37. The number of nitrogens with zero attached hydrogens (tertiary/aromatic N) is 1. The van der Waals surface area contributed by atoms with E-state index >= 15 is 0 Å². The standard InChI is InChI=1S/C19H21NO/c1-15-12-18(13-16-8-4-2-5-9-16)20(14-15)19(21)17-10-6-3-7-11-17/h2-11,15,18H,12-14H2,1H3/t15-,18+/m0/s1. The SMILES string of the molecule is C[C@H]1C[C@H](Cc2ccccc2)N(C(=O)c2ccccc2)C1. The quantitative estimate of drug-likeness (QED) is 0.837. The number of amides is 1. The van der Waals surface area contributed by atoms with Crippen LogP contribution in [0.15, 0.2) is 60.7 Å². The molecule has 1 aliphatic rings. The molecule has 1 fully saturated rings. The van der Waals surface area contributed by atoms with Crippen LogP contribution in [0.25, 0.3) is 0 Å². The number of hydrogen-bond acceptors (Lipinski definition) is 1. The molecule has 0 bridgehead atoms. The van der Waals surface area contributed by atoms with E-state index in [-0.39, 0.29) is 5.91 Å². The van der Waals surface area contributed by atoms with Crippen molar-refractivity contribution in [1.82, 2.24) is 4.90 Å². The van der Waals surface area contributed by atoms with E-state index in [2.05, 4.69) is 36.1 Å². The zero-order chi connectivity index (χ0) is 14.7. The van der Waals surface area contributed by atoms with Gasteiger partial charge in [-0.2, -0.15) is 0 Å². The average molecular weight is 279 g/mol. The highest BCUT2D eigenvalue weighted by Crippen LogP contribution is 2.27. The van der Waals surface area contributed by atoms with Gasteiger partial charge in [-0.25, -0.2) is 0 Å². The van der Waals surface area contributed by atoms with Gasteiger partial charge in [0.2, 0.25) is 0 Å². The first kappa shape index (κ1) is 13.9. The highest BCUT2D eigenvalue weighted by molar-refractivity contribution is 5.94. The van der Waals surface area contributed by atoms with E-state index in [1.54, 1.807) is 0 Å². The van der Waals surface area contributed by atoms with E-state index < -0.39 is 0 Å². The van der Waals surface area contributed by atoms with Gasteiger partial charge in [0, 0.05) is 18.2 Å². The first-order chi connectivity index (χ1) is 10.2. The van der Waals surface area contributed by atoms with Gasteiger partial charge in [0.25, 0.3) is 5.91 Å². The van der Waals surface area contributed by atoms with E-state index in [9.17, 15) is 4.79 Å². The Bertz CT molecular complexity index is 593. The summed E-state index contributed by atoms with van der Waals surface area (Å²) in [5.74, 6) is 0.743. The van der Waals surface area contributed by atoms with Crippen molar-refractivity contribution in [3.8, 4) is 0 Å². The molecule has 108 valence electrons. The first-order valence-corrected chi connectivity index (χ1v) is 7.64. The number of hydrogen-bond donors (Lipinski definition) is 0. The van der Waals surface area contributed by atoms with Crippen LogP contribution in [0.3, 0.4) is 0 Å². The number of carbonyl (C=O) groups is 1. The summed E-state index contributed by atoms with van der Waals surface area (Å²) in [5.41, 5.74) is 2.10.